The number of Topliss-reactive ketones (excluding diaryl/α,β-unsaturated/α-hetero) is 1. The molecule has 1 atom stereocenters. The predicted molar refractivity (Wildman–Crippen MR) is 62.9 cm³/mol. The van der Waals surface area contributed by atoms with E-state index in [0.717, 1.165) is 13.2 Å². The van der Waals surface area contributed by atoms with Crippen LogP contribution >= 0.6 is 0 Å². The van der Waals surface area contributed by atoms with E-state index in [4.69, 9.17) is 0 Å². The molecule has 0 aliphatic heterocycles. The van der Waals surface area contributed by atoms with E-state index < -0.39 is 34.1 Å². The van der Waals surface area contributed by atoms with Crippen molar-refractivity contribution in [2.75, 3.05) is 7.11 Å². The normalized spacial score (nSPS) is 11.7. The molecule has 0 N–H and O–H groups in total. The lowest BCUT2D eigenvalue weighted by atomic mass is 9.95. The van der Waals surface area contributed by atoms with Crippen molar-refractivity contribution in [3.63, 3.8) is 0 Å². The van der Waals surface area contributed by atoms with Crippen LogP contribution in [0.2, 0.25) is 0 Å². The summed E-state index contributed by atoms with van der Waals surface area (Å²) in [6, 6.07) is 3.60. The largest absolute Gasteiger partial charge is 0.468 e. The number of nitrogens with zero attached hydrogens (tertiary/aromatic N) is 1. The summed E-state index contributed by atoms with van der Waals surface area (Å²) < 4.78 is 18.3. The predicted octanol–water partition coefficient (Wildman–Crippen LogP) is 1.65. The monoisotopic (exact) mass is 269 g/mol. The molecule has 0 spiro atoms. The summed E-state index contributed by atoms with van der Waals surface area (Å²) >= 11 is 0. The van der Waals surface area contributed by atoms with Crippen LogP contribution < -0.4 is 0 Å². The van der Waals surface area contributed by atoms with E-state index in [-0.39, 0.29) is 12.0 Å². The van der Waals surface area contributed by atoms with Crippen LogP contribution in [0, 0.1) is 21.8 Å². The molecule has 7 heteroatoms. The Bertz CT molecular complexity index is 529. The van der Waals surface area contributed by atoms with Crippen molar-refractivity contribution in [2.45, 2.75) is 13.3 Å². The van der Waals surface area contributed by atoms with Crippen molar-refractivity contribution in [3.8, 4) is 0 Å². The first-order chi connectivity index (χ1) is 8.88. The third-order valence-electron chi connectivity index (χ3n) is 2.66. The summed E-state index contributed by atoms with van der Waals surface area (Å²) in [6.45, 7) is 1.18. The maximum atomic E-state index is 13.8. The summed E-state index contributed by atoms with van der Waals surface area (Å²) in [5.74, 6) is -3.49. The molecular formula is C12H12FNO5. The Morgan fingerprint density at radius 1 is 1.47 bits per heavy atom. The van der Waals surface area contributed by atoms with Crippen LogP contribution in [0.4, 0.5) is 10.1 Å². The molecule has 0 bridgehead atoms. The highest BCUT2D eigenvalue weighted by molar-refractivity contribution is 5.97. The van der Waals surface area contributed by atoms with Crippen LogP contribution in [0.25, 0.3) is 0 Å². The Labute approximate surface area is 108 Å². The van der Waals surface area contributed by atoms with Crippen molar-refractivity contribution in [1.82, 2.24) is 0 Å². The average Bonchev–Trinajstić information content (AvgIpc) is 2.35. The number of halogens is 1. The molecule has 0 aliphatic carbocycles. The summed E-state index contributed by atoms with van der Waals surface area (Å²) in [6.07, 6.45) is -0.268. The molecule has 0 radical (unpaired) electrons. The lowest BCUT2D eigenvalue weighted by molar-refractivity contribution is -0.387. The summed E-state index contributed by atoms with van der Waals surface area (Å²) in [5.41, 5.74) is -0.760. The molecule has 0 amide bonds. The molecule has 1 aromatic carbocycles. The van der Waals surface area contributed by atoms with Gasteiger partial charge in [0.05, 0.1) is 12.0 Å². The van der Waals surface area contributed by atoms with Gasteiger partial charge in [-0.25, -0.2) is 0 Å². The number of hydrogen-bond donors (Lipinski definition) is 0. The van der Waals surface area contributed by atoms with E-state index in [1.165, 1.54) is 19.1 Å². The van der Waals surface area contributed by atoms with Gasteiger partial charge in [0.2, 0.25) is 5.82 Å². The fourth-order valence-electron chi connectivity index (χ4n) is 1.62. The first-order valence-electron chi connectivity index (χ1n) is 5.38. The number of ketones is 1. The first-order valence-corrected chi connectivity index (χ1v) is 5.38. The van der Waals surface area contributed by atoms with Gasteiger partial charge in [0.25, 0.3) is 0 Å². The first kappa shape index (κ1) is 14.7. The molecule has 0 saturated heterocycles. The molecule has 0 fully saturated rings. The molecule has 19 heavy (non-hydrogen) atoms. The highest BCUT2D eigenvalue weighted by atomic mass is 19.1. The average molecular weight is 269 g/mol. The molecular weight excluding hydrogens is 257 g/mol. The van der Waals surface area contributed by atoms with Gasteiger partial charge >= 0.3 is 11.7 Å². The van der Waals surface area contributed by atoms with Crippen LogP contribution in [-0.2, 0) is 20.7 Å². The van der Waals surface area contributed by atoms with Crippen molar-refractivity contribution < 1.29 is 23.6 Å². The molecule has 0 aliphatic rings. The van der Waals surface area contributed by atoms with Gasteiger partial charge in [0, 0.05) is 6.07 Å². The van der Waals surface area contributed by atoms with E-state index in [9.17, 15) is 24.1 Å². The Morgan fingerprint density at radius 2 is 2.11 bits per heavy atom. The van der Waals surface area contributed by atoms with Crippen LogP contribution in [0.5, 0.6) is 0 Å². The van der Waals surface area contributed by atoms with Crippen molar-refractivity contribution in [1.29, 1.82) is 0 Å². The zero-order chi connectivity index (χ0) is 14.6. The number of ether oxygens (including phenoxy) is 1. The van der Waals surface area contributed by atoms with E-state index in [0.29, 0.717) is 0 Å². The Kier molecular flexibility index (Phi) is 4.68. The number of benzene rings is 1. The SMILES string of the molecule is COC(=O)C(Cc1cccc([N+](=O)[O-])c1F)C(C)=O. The molecule has 102 valence electrons. The van der Waals surface area contributed by atoms with Gasteiger partial charge < -0.3 is 4.74 Å². The fraction of sp³-hybridized carbons (Fsp3) is 0.333. The number of nitro benzene ring substituents is 1. The molecule has 0 saturated carbocycles. The molecule has 1 rings (SSSR count). The molecule has 0 heterocycles. The number of hydrogen-bond acceptors (Lipinski definition) is 5. The minimum atomic E-state index is -1.17. The second-order valence-electron chi connectivity index (χ2n) is 3.90. The standard InChI is InChI=1S/C12H12FNO5/c1-7(15)9(12(16)19-2)6-8-4-3-5-10(11(8)13)14(17)18/h3-5,9H,6H2,1-2H3. The Balaban J connectivity index is 3.10. The zero-order valence-corrected chi connectivity index (χ0v) is 10.4. The smallest absolute Gasteiger partial charge is 0.316 e. The minimum absolute atomic E-state index is 0.0696. The number of rotatable bonds is 5. The van der Waals surface area contributed by atoms with Gasteiger partial charge in [-0.3, -0.25) is 19.7 Å². The fourth-order valence-corrected chi connectivity index (χ4v) is 1.62. The van der Waals surface area contributed by atoms with Crippen molar-refractivity contribution in [3.05, 3.63) is 39.7 Å². The lowest BCUT2D eigenvalue weighted by Gasteiger charge is -2.11. The Morgan fingerprint density at radius 3 is 2.58 bits per heavy atom. The van der Waals surface area contributed by atoms with Crippen molar-refractivity contribution in [2.24, 2.45) is 5.92 Å². The van der Waals surface area contributed by atoms with Crippen LogP contribution in [0.15, 0.2) is 18.2 Å². The van der Waals surface area contributed by atoms with Crippen LogP contribution in [0.3, 0.4) is 0 Å². The Hall–Kier alpha value is -2.31. The van der Waals surface area contributed by atoms with Crippen molar-refractivity contribution >= 4 is 17.4 Å². The van der Waals surface area contributed by atoms with Gasteiger partial charge in [-0.2, -0.15) is 4.39 Å². The van der Waals surface area contributed by atoms with Crippen LogP contribution in [-0.4, -0.2) is 23.8 Å². The second kappa shape index (κ2) is 6.03. The third kappa shape index (κ3) is 3.34. The topological polar surface area (TPSA) is 86.5 Å². The van der Waals surface area contributed by atoms with Gasteiger partial charge in [0.15, 0.2) is 0 Å². The van der Waals surface area contributed by atoms with Crippen LogP contribution in [0.1, 0.15) is 12.5 Å². The highest BCUT2D eigenvalue weighted by Crippen LogP contribution is 2.23. The third-order valence-corrected chi connectivity index (χ3v) is 2.66. The number of esters is 1. The number of carbonyl (C=O) groups is 2. The number of methoxy groups -OCH3 is 1. The van der Waals surface area contributed by atoms with Gasteiger partial charge in [-0.1, -0.05) is 12.1 Å². The van der Waals surface area contributed by atoms with Gasteiger partial charge in [0.1, 0.15) is 11.7 Å². The minimum Gasteiger partial charge on any atom is -0.468 e. The summed E-state index contributed by atoms with van der Waals surface area (Å²) in [7, 11) is 1.11. The second-order valence-corrected chi connectivity index (χ2v) is 3.90. The molecule has 6 nitrogen and oxygen atoms in total. The molecule has 0 aromatic heterocycles. The summed E-state index contributed by atoms with van der Waals surface area (Å²) in [5, 5.41) is 10.6. The highest BCUT2D eigenvalue weighted by Gasteiger charge is 2.27. The molecule has 1 aromatic rings. The van der Waals surface area contributed by atoms with E-state index in [2.05, 4.69) is 4.74 Å². The van der Waals surface area contributed by atoms with E-state index in [1.807, 2.05) is 0 Å². The van der Waals surface area contributed by atoms with Gasteiger partial charge in [-0.15, -0.1) is 0 Å². The number of nitro groups is 1. The maximum Gasteiger partial charge on any atom is 0.316 e. The van der Waals surface area contributed by atoms with Gasteiger partial charge in [-0.05, 0) is 18.9 Å². The number of carbonyl (C=O) groups excluding carboxylic acids is 2. The lowest BCUT2D eigenvalue weighted by Crippen LogP contribution is -2.26. The molecule has 1 unspecified atom stereocenters. The zero-order valence-electron chi connectivity index (χ0n) is 10.4. The summed E-state index contributed by atoms with van der Waals surface area (Å²) in [4.78, 5) is 32.4. The maximum absolute atomic E-state index is 13.8. The quantitative estimate of drug-likeness (QED) is 0.351. The van der Waals surface area contributed by atoms with E-state index >= 15 is 0 Å². The van der Waals surface area contributed by atoms with E-state index in [1.54, 1.807) is 0 Å².